The second-order valence-corrected chi connectivity index (χ2v) is 6.14. The average Bonchev–Trinajstić information content (AvgIpc) is 3.13. The molecule has 1 N–H and O–H groups in total. The lowest BCUT2D eigenvalue weighted by Crippen LogP contribution is -2.34. The van der Waals surface area contributed by atoms with Crippen molar-refractivity contribution in [1.82, 2.24) is 4.98 Å². The molecule has 0 radical (unpaired) electrons. The molecule has 1 fully saturated rings. The number of aromatic nitrogens is 1. The van der Waals surface area contributed by atoms with Gasteiger partial charge in [-0.1, -0.05) is 11.6 Å². The number of ether oxygens (including phenoxy) is 2. The summed E-state index contributed by atoms with van der Waals surface area (Å²) in [6.45, 7) is 0. The van der Waals surface area contributed by atoms with E-state index in [4.69, 9.17) is 21.1 Å². The van der Waals surface area contributed by atoms with Crippen LogP contribution in [-0.2, 0) is 0 Å². The number of nitrogens with zero attached hydrogens (tertiary/aromatic N) is 1. The summed E-state index contributed by atoms with van der Waals surface area (Å²) in [5.41, 5.74) is 0.964. The highest BCUT2D eigenvalue weighted by Gasteiger charge is 2.44. The van der Waals surface area contributed by atoms with Gasteiger partial charge in [-0.25, -0.2) is 4.98 Å². The monoisotopic (exact) mass is 330 g/mol. The summed E-state index contributed by atoms with van der Waals surface area (Å²) < 4.78 is 11.9. The minimum absolute atomic E-state index is 0.177. The first-order valence-corrected chi connectivity index (χ1v) is 7.97. The van der Waals surface area contributed by atoms with Gasteiger partial charge >= 0.3 is 0 Å². The van der Waals surface area contributed by atoms with Crippen LogP contribution in [-0.4, -0.2) is 16.7 Å². The fourth-order valence-corrected chi connectivity index (χ4v) is 3.25. The Balaban J connectivity index is 1.54. The van der Waals surface area contributed by atoms with Crippen LogP contribution in [0.4, 0.5) is 5.69 Å². The van der Waals surface area contributed by atoms with E-state index >= 15 is 0 Å². The number of benzene rings is 1. The molecule has 4 rings (SSSR count). The number of fused-ring (bicyclic) bond motifs is 1. The molecule has 1 aliphatic heterocycles. The van der Waals surface area contributed by atoms with Crippen molar-refractivity contribution in [2.45, 2.75) is 31.5 Å². The van der Waals surface area contributed by atoms with Crippen molar-refractivity contribution < 1.29 is 14.3 Å². The molecule has 2 aliphatic rings. The Labute approximate surface area is 138 Å². The number of pyridine rings is 1. The molecule has 5 nitrogen and oxygen atoms in total. The predicted octanol–water partition coefficient (Wildman–Crippen LogP) is 4.03. The smallest absolute Gasteiger partial charge is 0.258 e. The van der Waals surface area contributed by atoms with Gasteiger partial charge < -0.3 is 14.8 Å². The first kappa shape index (κ1) is 14.3. The molecule has 0 bridgehead atoms. The van der Waals surface area contributed by atoms with Crippen molar-refractivity contribution in [3.05, 3.63) is 47.2 Å². The number of carbonyl (C=O) groups excluding carboxylic acids is 1. The van der Waals surface area contributed by atoms with Crippen molar-refractivity contribution in [2.24, 2.45) is 0 Å². The summed E-state index contributed by atoms with van der Waals surface area (Å²) in [6, 6.07) is 8.70. The molecule has 0 saturated heterocycles. The summed E-state index contributed by atoms with van der Waals surface area (Å²) >= 11 is 5.94. The fraction of sp³-hybridized carbons (Fsp3) is 0.294. The molecule has 1 aliphatic carbocycles. The zero-order valence-corrected chi connectivity index (χ0v) is 13.1. The predicted molar refractivity (Wildman–Crippen MR) is 86.1 cm³/mol. The van der Waals surface area contributed by atoms with Gasteiger partial charge in [-0.2, -0.15) is 0 Å². The number of hydrogen-bond donors (Lipinski definition) is 1. The maximum Gasteiger partial charge on any atom is 0.258 e. The minimum Gasteiger partial charge on any atom is -0.448 e. The molecule has 0 unspecified atom stereocenters. The molecule has 0 atom stereocenters. The highest BCUT2D eigenvalue weighted by atomic mass is 35.5. The Bertz CT molecular complexity index is 772. The molecular weight excluding hydrogens is 316 g/mol. The van der Waals surface area contributed by atoms with Crippen LogP contribution in [0.1, 0.15) is 36.0 Å². The maximum atomic E-state index is 12.3. The number of anilines is 1. The van der Waals surface area contributed by atoms with Gasteiger partial charge in [0.25, 0.3) is 11.7 Å². The minimum atomic E-state index is -0.502. The second kappa shape index (κ2) is 5.42. The molecule has 118 valence electrons. The van der Waals surface area contributed by atoms with Crippen LogP contribution in [0, 0.1) is 0 Å². The summed E-state index contributed by atoms with van der Waals surface area (Å²) in [7, 11) is 0. The van der Waals surface area contributed by atoms with Gasteiger partial charge in [-0.3, -0.25) is 4.79 Å². The summed E-state index contributed by atoms with van der Waals surface area (Å²) in [5.74, 6) is 0.585. The van der Waals surface area contributed by atoms with Crippen LogP contribution in [0.25, 0.3) is 0 Å². The van der Waals surface area contributed by atoms with Gasteiger partial charge in [-0.15, -0.1) is 0 Å². The Morgan fingerprint density at radius 3 is 2.74 bits per heavy atom. The van der Waals surface area contributed by atoms with Gasteiger partial charge in [0.2, 0.25) is 0 Å². The van der Waals surface area contributed by atoms with E-state index in [1.165, 1.54) is 0 Å². The topological polar surface area (TPSA) is 60.5 Å². The van der Waals surface area contributed by atoms with E-state index in [1.54, 1.807) is 30.5 Å². The third-order valence-corrected chi connectivity index (χ3v) is 4.46. The van der Waals surface area contributed by atoms with Gasteiger partial charge in [0, 0.05) is 30.8 Å². The molecular formula is C17H15ClN2O3. The molecule has 2 heterocycles. The van der Waals surface area contributed by atoms with Crippen molar-refractivity contribution in [3.63, 3.8) is 0 Å². The highest BCUT2D eigenvalue weighted by Crippen LogP contribution is 2.47. The van der Waals surface area contributed by atoms with E-state index in [9.17, 15) is 4.79 Å². The number of amides is 1. The second-order valence-electron chi connectivity index (χ2n) is 5.78. The van der Waals surface area contributed by atoms with Crippen molar-refractivity contribution in [3.8, 4) is 11.5 Å². The van der Waals surface area contributed by atoms with Crippen LogP contribution >= 0.6 is 11.6 Å². The van der Waals surface area contributed by atoms with E-state index < -0.39 is 5.79 Å². The third-order valence-electron chi connectivity index (χ3n) is 4.16. The highest BCUT2D eigenvalue weighted by molar-refractivity contribution is 6.33. The molecule has 1 aromatic carbocycles. The van der Waals surface area contributed by atoms with E-state index in [0.29, 0.717) is 17.0 Å². The van der Waals surface area contributed by atoms with Crippen molar-refractivity contribution in [2.75, 3.05) is 5.32 Å². The SMILES string of the molecule is O=C(Nc1ccc2c(c1)OC1(CCCC1)O2)c1cccnc1Cl. The van der Waals surface area contributed by atoms with Crippen LogP contribution in [0.3, 0.4) is 0 Å². The molecule has 1 saturated carbocycles. The van der Waals surface area contributed by atoms with Gasteiger partial charge in [-0.05, 0) is 37.1 Å². The Morgan fingerprint density at radius 2 is 1.96 bits per heavy atom. The number of nitrogens with one attached hydrogen (secondary N) is 1. The van der Waals surface area contributed by atoms with Gasteiger partial charge in [0.05, 0.1) is 5.56 Å². The Kier molecular flexibility index (Phi) is 3.38. The summed E-state index contributed by atoms with van der Waals surface area (Å²) in [5, 5.41) is 2.99. The van der Waals surface area contributed by atoms with Crippen molar-refractivity contribution >= 4 is 23.2 Å². The van der Waals surface area contributed by atoms with Crippen LogP contribution < -0.4 is 14.8 Å². The van der Waals surface area contributed by atoms with E-state index in [2.05, 4.69) is 10.3 Å². The number of rotatable bonds is 2. The number of halogens is 1. The average molecular weight is 331 g/mol. The summed E-state index contributed by atoms with van der Waals surface area (Å²) in [6.07, 6.45) is 5.55. The van der Waals surface area contributed by atoms with E-state index in [0.717, 1.165) is 31.4 Å². The van der Waals surface area contributed by atoms with Crippen molar-refractivity contribution in [1.29, 1.82) is 0 Å². The lowest BCUT2D eigenvalue weighted by molar-refractivity contribution is -0.0716. The zero-order valence-electron chi connectivity index (χ0n) is 12.3. The van der Waals surface area contributed by atoms with Gasteiger partial charge in [0.1, 0.15) is 5.15 Å². The molecule has 2 aromatic rings. The largest absolute Gasteiger partial charge is 0.448 e. The molecule has 6 heteroatoms. The lowest BCUT2D eigenvalue weighted by atomic mass is 10.2. The van der Waals surface area contributed by atoms with Crippen LogP contribution in [0.15, 0.2) is 36.5 Å². The number of carbonyl (C=O) groups is 1. The quantitative estimate of drug-likeness (QED) is 0.844. The Hall–Kier alpha value is -2.27. The van der Waals surface area contributed by atoms with Gasteiger partial charge in [0.15, 0.2) is 11.5 Å². The first-order chi connectivity index (χ1) is 11.2. The molecule has 1 spiro atoms. The molecule has 23 heavy (non-hydrogen) atoms. The standard InChI is InChI=1S/C17H15ClN2O3/c18-15-12(4-3-9-19-15)16(21)20-11-5-6-13-14(10-11)23-17(22-13)7-1-2-8-17/h3-6,9-10H,1-2,7-8H2,(H,20,21). The Morgan fingerprint density at radius 1 is 1.17 bits per heavy atom. The zero-order chi connectivity index (χ0) is 15.9. The fourth-order valence-electron chi connectivity index (χ4n) is 3.04. The maximum absolute atomic E-state index is 12.3. The summed E-state index contributed by atoms with van der Waals surface area (Å²) in [4.78, 5) is 16.2. The molecule has 1 aromatic heterocycles. The number of hydrogen-bond acceptors (Lipinski definition) is 4. The van der Waals surface area contributed by atoms with E-state index in [-0.39, 0.29) is 11.1 Å². The van der Waals surface area contributed by atoms with Crippen LogP contribution in [0.2, 0.25) is 5.15 Å². The third kappa shape index (κ3) is 2.61. The molecule has 1 amide bonds. The normalized spacial score (nSPS) is 17.4. The van der Waals surface area contributed by atoms with E-state index in [1.807, 2.05) is 6.07 Å². The lowest BCUT2D eigenvalue weighted by Gasteiger charge is -2.21. The first-order valence-electron chi connectivity index (χ1n) is 7.59. The van der Waals surface area contributed by atoms with Crippen LogP contribution in [0.5, 0.6) is 11.5 Å².